The van der Waals surface area contributed by atoms with E-state index in [9.17, 15) is 4.79 Å². The average Bonchev–Trinajstić information content (AvgIpc) is 3.26. The van der Waals surface area contributed by atoms with Crippen LogP contribution in [0.1, 0.15) is 52.9 Å². The highest BCUT2D eigenvalue weighted by Gasteiger charge is 2.27. The lowest BCUT2D eigenvalue weighted by Gasteiger charge is -2.30. The summed E-state index contributed by atoms with van der Waals surface area (Å²) in [5, 5.41) is 11.4. The van der Waals surface area contributed by atoms with Gasteiger partial charge in [-0.15, -0.1) is 0 Å². The Morgan fingerprint density at radius 1 is 1.21 bits per heavy atom. The number of rotatable bonds is 9. The van der Waals surface area contributed by atoms with Crippen LogP contribution in [0.4, 0.5) is 10.5 Å². The van der Waals surface area contributed by atoms with E-state index in [-0.39, 0.29) is 12.1 Å². The summed E-state index contributed by atoms with van der Waals surface area (Å²) in [5.74, 6) is 1.45. The molecule has 0 aliphatic heterocycles. The number of hydrogen-bond donors (Lipinski definition) is 2. The molecule has 0 fully saturated rings. The Hall–Kier alpha value is -3.20. The number of carbonyl (C=O) groups is 1. The van der Waals surface area contributed by atoms with Crippen molar-refractivity contribution in [1.29, 1.82) is 0 Å². The highest BCUT2D eigenvalue weighted by molar-refractivity contribution is 6.30. The van der Waals surface area contributed by atoms with Crippen LogP contribution >= 0.6 is 11.6 Å². The van der Waals surface area contributed by atoms with Crippen LogP contribution in [0, 0.1) is 5.92 Å². The fourth-order valence-corrected chi connectivity index (χ4v) is 3.26. The monoisotopic (exact) mass is 485 g/mol. The molecule has 9 nitrogen and oxygen atoms in total. The Bertz CT molecular complexity index is 1050. The minimum atomic E-state index is -0.599. The zero-order valence-electron chi connectivity index (χ0n) is 20.2. The van der Waals surface area contributed by atoms with Gasteiger partial charge in [-0.2, -0.15) is 5.10 Å². The van der Waals surface area contributed by atoms with Gasteiger partial charge in [0.25, 0.3) is 0 Å². The largest absolute Gasteiger partial charge is 0.444 e. The normalized spacial score (nSPS) is 12.4. The van der Waals surface area contributed by atoms with Crippen LogP contribution in [0.5, 0.6) is 0 Å². The van der Waals surface area contributed by atoms with Gasteiger partial charge >= 0.3 is 6.09 Å². The van der Waals surface area contributed by atoms with Crippen LogP contribution in [0.3, 0.4) is 0 Å². The lowest BCUT2D eigenvalue weighted by Crippen LogP contribution is -2.41. The zero-order valence-corrected chi connectivity index (χ0v) is 21.0. The molecular weight excluding hydrogens is 454 g/mol. The first-order valence-electron chi connectivity index (χ1n) is 11.3. The summed E-state index contributed by atoms with van der Waals surface area (Å²) in [6.45, 7) is 10.7. The lowest BCUT2D eigenvalue weighted by molar-refractivity contribution is 0.0233. The molecular formula is C24H32ClN7O2. The summed E-state index contributed by atoms with van der Waals surface area (Å²) in [6, 6.07) is 8.72. The second-order valence-corrected chi connectivity index (χ2v) is 9.89. The molecule has 0 saturated carbocycles. The van der Waals surface area contributed by atoms with Crippen LogP contribution in [0.25, 0.3) is 11.5 Å². The molecule has 2 aromatic heterocycles. The van der Waals surface area contributed by atoms with Crippen LogP contribution < -0.4 is 5.32 Å². The zero-order chi connectivity index (χ0) is 24.7. The van der Waals surface area contributed by atoms with Gasteiger partial charge in [0.15, 0.2) is 5.82 Å². The fourth-order valence-electron chi connectivity index (χ4n) is 3.13. The number of ether oxygens (including phenoxy) is 1. The molecule has 0 bridgehead atoms. The maximum absolute atomic E-state index is 13.1. The maximum atomic E-state index is 13.1. The second kappa shape index (κ2) is 11.3. The van der Waals surface area contributed by atoms with Crippen molar-refractivity contribution in [1.82, 2.24) is 30.0 Å². The standard InChI is InChI=1S/C24H32ClN7O2/c1-16(2)11-13-32(23(33)34-24(3,4)5)14-20(28-18-8-6-17(25)7-9-18)22-29-21(30-31-22)19-10-12-26-15-27-19/h6-10,12,15-16,20,28H,11,13-14H2,1-5H3,(H,29,30,31). The first-order chi connectivity index (χ1) is 16.1. The summed E-state index contributed by atoms with van der Waals surface area (Å²) in [7, 11) is 0. The second-order valence-electron chi connectivity index (χ2n) is 9.45. The van der Waals surface area contributed by atoms with Gasteiger partial charge in [0.1, 0.15) is 29.5 Å². The molecule has 3 rings (SSSR count). The molecule has 2 N–H and O–H groups in total. The van der Waals surface area contributed by atoms with Gasteiger partial charge < -0.3 is 15.0 Å². The maximum Gasteiger partial charge on any atom is 0.410 e. The smallest absolute Gasteiger partial charge is 0.410 e. The van der Waals surface area contributed by atoms with Crippen LogP contribution in [0.15, 0.2) is 42.9 Å². The van der Waals surface area contributed by atoms with E-state index < -0.39 is 5.60 Å². The molecule has 0 aliphatic rings. The molecule has 0 spiro atoms. The molecule has 34 heavy (non-hydrogen) atoms. The third kappa shape index (κ3) is 7.69. The van der Waals surface area contributed by atoms with Gasteiger partial charge in [0.2, 0.25) is 0 Å². The van der Waals surface area contributed by atoms with E-state index in [2.05, 4.69) is 44.3 Å². The number of H-pyrrole nitrogens is 1. The third-order valence-electron chi connectivity index (χ3n) is 4.86. The number of anilines is 1. The summed E-state index contributed by atoms with van der Waals surface area (Å²) < 4.78 is 5.69. The lowest BCUT2D eigenvalue weighted by atomic mass is 10.1. The molecule has 2 heterocycles. The first-order valence-corrected chi connectivity index (χ1v) is 11.7. The van der Waals surface area contributed by atoms with Crippen molar-refractivity contribution < 1.29 is 9.53 Å². The number of aromatic nitrogens is 5. The van der Waals surface area contributed by atoms with Gasteiger partial charge in [0, 0.05) is 23.5 Å². The van der Waals surface area contributed by atoms with E-state index in [0.29, 0.717) is 41.4 Å². The molecule has 1 unspecified atom stereocenters. The highest BCUT2D eigenvalue weighted by atomic mass is 35.5. The number of nitrogens with zero attached hydrogens (tertiary/aromatic N) is 5. The Balaban J connectivity index is 1.90. The van der Waals surface area contributed by atoms with Gasteiger partial charge in [-0.05, 0) is 63.4 Å². The van der Waals surface area contributed by atoms with Crippen molar-refractivity contribution in [2.75, 3.05) is 18.4 Å². The molecule has 10 heteroatoms. The molecule has 1 atom stereocenters. The SMILES string of the molecule is CC(C)CCN(CC(Nc1ccc(Cl)cc1)c1nc(-c2ccncn2)n[nH]1)C(=O)OC(C)(C)C. The van der Waals surface area contributed by atoms with E-state index >= 15 is 0 Å². The average molecular weight is 486 g/mol. The Kier molecular flexibility index (Phi) is 8.44. The summed E-state index contributed by atoms with van der Waals surface area (Å²) in [6.07, 6.45) is 3.56. The number of benzene rings is 1. The van der Waals surface area contributed by atoms with Crippen molar-refractivity contribution in [2.45, 2.75) is 52.7 Å². The Morgan fingerprint density at radius 3 is 2.56 bits per heavy atom. The highest BCUT2D eigenvalue weighted by Crippen LogP contribution is 2.23. The molecule has 0 radical (unpaired) electrons. The predicted octanol–water partition coefficient (Wildman–Crippen LogP) is 5.35. The van der Waals surface area contributed by atoms with E-state index in [1.54, 1.807) is 29.3 Å². The van der Waals surface area contributed by atoms with Crippen molar-refractivity contribution >= 4 is 23.4 Å². The van der Waals surface area contributed by atoms with Crippen molar-refractivity contribution in [3.05, 3.63) is 53.7 Å². The topological polar surface area (TPSA) is 109 Å². The van der Waals surface area contributed by atoms with Crippen molar-refractivity contribution in [3.63, 3.8) is 0 Å². The number of halogens is 1. The molecule has 0 saturated heterocycles. The van der Waals surface area contributed by atoms with Gasteiger partial charge in [-0.3, -0.25) is 5.10 Å². The summed E-state index contributed by atoms with van der Waals surface area (Å²) >= 11 is 6.06. The quantitative estimate of drug-likeness (QED) is 0.420. The summed E-state index contributed by atoms with van der Waals surface area (Å²) in [4.78, 5) is 27.6. The van der Waals surface area contributed by atoms with Gasteiger partial charge in [0.05, 0.1) is 6.54 Å². The molecule has 0 aliphatic carbocycles. The molecule has 182 valence electrons. The van der Waals surface area contributed by atoms with Crippen molar-refractivity contribution in [3.8, 4) is 11.5 Å². The number of amides is 1. The third-order valence-corrected chi connectivity index (χ3v) is 5.11. The van der Waals surface area contributed by atoms with E-state index in [1.807, 2.05) is 32.9 Å². The fraction of sp³-hybridized carbons (Fsp3) is 0.458. The Morgan fingerprint density at radius 2 is 1.94 bits per heavy atom. The number of aromatic amines is 1. The van der Waals surface area contributed by atoms with Gasteiger partial charge in [-0.25, -0.2) is 19.7 Å². The summed E-state index contributed by atoms with van der Waals surface area (Å²) in [5.41, 5.74) is 0.840. The minimum Gasteiger partial charge on any atom is -0.444 e. The first kappa shape index (κ1) is 25.4. The Labute approximate surface area is 205 Å². The minimum absolute atomic E-state index is 0.322. The van der Waals surface area contributed by atoms with Crippen LogP contribution in [-0.2, 0) is 4.74 Å². The molecule has 3 aromatic rings. The number of hydrogen-bond acceptors (Lipinski definition) is 7. The van der Waals surface area contributed by atoms with Gasteiger partial charge in [-0.1, -0.05) is 25.4 Å². The van der Waals surface area contributed by atoms with Crippen LogP contribution in [0.2, 0.25) is 5.02 Å². The molecule has 1 amide bonds. The van der Waals surface area contributed by atoms with E-state index in [4.69, 9.17) is 16.3 Å². The molecule has 1 aromatic carbocycles. The van der Waals surface area contributed by atoms with E-state index in [0.717, 1.165) is 12.1 Å². The van der Waals surface area contributed by atoms with E-state index in [1.165, 1.54) is 6.33 Å². The van der Waals surface area contributed by atoms with Crippen LogP contribution in [-0.4, -0.2) is 54.8 Å². The predicted molar refractivity (Wildman–Crippen MR) is 132 cm³/mol. The number of nitrogens with one attached hydrogen (secondary N) is 2. The van der Waals surface area contributed by atoms with Crippen molar-refractivity contribution in [2.24, 2.45) is 5.92 Å². The number of carbonyl (C=O) groups excluding carboxylic acids is 1.